The van der Waals surface area contributed by atoms with Crippen LogP contribution < -0.4 is 10.6 Å². The Morgan fingerprint density at radius 2 is 2.15 bits per heavy atom. The summed E-state index contributed by atoms with van der Waals surface area (Å²) in [5.41, 5.74) is 4.48. The number of rotatable bonds is 4. The molecule has 0 amide bonds. The zero-order valence-corrected chi connectivity index (χ0v) is 12.2. The standard InChI is InChI=1S/C17H25N3/c1-2-14-5-7-18-11-15(14)9-13(1)10-19-16-6-8-20(12-16)17-3-4-17/h1-2,9,16-19H,3-8,10-12H2. The van der Waals surface area contributed by atoms with Gasteiger partial charge in [-0.2, -0.15) is 0 Å². The number of likely N-dealkylation sites (tertiary alicyclic amines) is 1. The Bertz CT molecular complexity index is 481. The van der Waals surface area contributed by atoms with E-state index in [9.17, 15) is 0 Å². The van der Waals surface area contributed by atoms with E-state index in [1.54, 1.807) is 0 Å². The molecule has 1 atom stereocenters. The van der Waals surface area contributed by atoms with E-state index in [4.69, 9.17) is 0 Å². The molecule has 20 heavy (non-hydrogen) atoms. The molecule has 0 spiro atoms. The smallest absolute Gasteiger partial charge is 0.0210 e. The second-order valence-electron chi connectivity index (χ2n) is 6.62. The predicted octanol–water partition coefficient (Wildman–Crippen LogP) is 1.66. The Morgan fingerprint density at radius 3 is 3.05 bits per heavy atom. The Morgan fingerprint density at radius 1 is 1.20 bits per heavy atom. The van der Waals surface area contributed by atoms with E-state index in [-0.39, 0.29) is 0 Å². The first-order valence-electron chi connectivity index (χ1n) is 8.17. The van der Waals surface area contributed by atoms with Gasteiger partial charge >= 0.3 is 0 Å². The Balaban J connectivity index is 1.33. The van der Waals surface area contributed by atoms with E-state index in [1.165, 1.54) is 55.5 Å². The van der Waals surface area contributed by atoms with Gasteiger partial charge in [-0.1, -0.05) is 18.2 Å². The summed E-state index contributed by atoms with van der Waals surface area (Å²) in [4.78, 5) is 2.68. The van der Waals surface area contributed by atoms with Crippen LogP contribution in [0.15, 0.2) is 18.2 Å². The zero-order chi connectivity index (χ0) is 13.4. The van der Waals surface area contributed by atoms with Crippen LogP contribution in [0.3, 0.4) is 0 Å². The molecule has 3 heteroatoms. The molecule has 2 N–H and O–H groups in total. The molecule has 108 valence electrons. The molecule has 2 fully saturated rings. The average molecular weight is 271 g/mol. The monoisotopic (exact) mass is 271 g/mol. The van der Waals surface area contributed by atoms with Gasteiger partial charge in [-0.25, -0.2) is 0 Å². The number of benzene rings is 1. The molecular weight excluding hydrogens is 246 g/mol. The fourth-order valence-electron chi connectivity index (χ4n) is 3.63. The molecule has 3 nitrogen and oxygen atoms in total. The van der Waals surface area contributed by atoms with Crippen LogP contribution in [0.25, 0.3) is 0 Å². The SMILES string of the molecule is c1cc2c(cc1CNC1CCN(C3CC3)C1)CNCC2. The first-order chi connectivity index (χ1) is 9.88. The summed E-state index contributed by atoms with van der Waals surface area (Å²) in [6, 6.07) is 8.66. The minimum absolute atomic E-state index is 0.699. The Kier molecular flexibility index (Phi) is 3.51. The van der Waals surface area contributed by atoms with E-state index in [0.29, 0.717) is 6.04 Å². The molecule has 1 saturated carbocycles. The lowest BCUT2D eigenvalue weighted by molar-refractivity contribution is 0.317. The van der Waals surface area contributed by atoms with Crippen molar-refractivity contribution in [2.45, 2.75) is 50.9 Å². The highest BCUT2D eigenvalue weighted by Gasteiger charge is 2.33. The maximum absolute atomic E-state index is 3.76. The summed E-state index contributed by atoms with van der Waals surface area (Å²) in [6.07, 6.45) is 5.38. The molecule has 1 aliphatic carbocycles. The molecule has 0 radical (unpaired) electrons. The summed E-state index contributed by atoms with van der Waals surface area (Å²) in [7, 11) is 0. The topological polar surface area (TPSA) is 27.3 Å². The van der Waals surface area contributed by atoms with Gasteiger partial charge in [0.25, 0.3) is 0 Å². The minimum Gasteiger partial charge on any atom is -0.312 e. The molecule has 3 aliphatic rings. The highest BCUT2D eigenvalue weighted by atomic mass is 15.2. The second-order valence-corrected chi connectivity index (χ2v) is 6.62. The number of fused-ring (bicyclic) bond motifs is 1. The van der Waals surface area contributed by atoms with Crippen LogP contribution in [0.2, 0.25) is 0 Å². The van der Waals surface area contributed by atoms with Gasteiger partial charge in [0.05, 0.1) is 0 Å². The van der Waals surface area contributed by atoms with Gasteiger partial charge < -0.3 is 10.6 Å². The van der Waals surface area contributed by atoms with Crippen LogP contribution in [-0.2, 0) is 19.5 Å². The fourth-order valence-corrected chi connectivity index (χ4v) is 3.63. The molecule has 4 rings (SSSR count). The van der Waals surface area contributed by atoms with Crippen molar-refractivity contribution >= 4 is 0 Å². The summed E-state index contributed by atoms with van der Waals surface area (Å²) in [6.45, 7) is 5.76. The molecule has 0 aromatic heterocycles. The third-order valence-corrected chi connectivity index (χ3v) is 5.04. The molecule has 1 saturated heterocycles. The maximum Gasteiger partial charge on any atom is 0.0210 e. The van der Waals surface area contributed by atoms with Crippen LogP contribution in [0, 0.1) is 0 Å². The third-order valence-electron chi connectivity index (χ3n) is 5.04. The number of hydrogen-bond donors (Lipinski definition) is 2. The Labute approximate surface area is 121 Å². The van der Waals surface area contributed by atoms with Gasteiger partial charge in [-0.15, -0.1) is 0 Å². The molecular formula is C17H25N3. The van der Waals surface area contributed by atoms with Crippen molar-refractivity contribution in [1.29, 1.82) is 0 Å². The van der Waals surface area contributed by atoms with E-state index in [2.05, 4.69) is 33.7 Å². The van der Waals surface area contributed by atoms with E-state index in [1.807, 2.05) is 0 Å². The van der Waals surface area contributed by atoms with Crippen LogP contribution in [-0.4, -0.2) is 36.6 Å². The number of nitrogens with zero attached hydrogens (tertiary/aromatic N) is 1. The van der Waals surface area contributed by atoms with Crippen molar-refractivity contribution in [2.24, 2.45) is 0 Å². The summed E-state index contributed by atoms with van der Waals surface area (Å²) in [5, 5.41) is 7.22. The lowest BCUT2D eigenvalue weighted by Crippen LogP contribution is -2.33. The van der Waals surface area contributed by atoms with Gasteiger partial charge in [0.1, 0.15) is 0 Å². The fraction of sp³-hybridized carbons (Fsp3) is 0.647. The van der Waals surface area contributed by atoms with Gasteiger partial charge in [-0.05, 0) is 48.9 Å². The van der Waals surface area contributed by atoms with Crippen molar-refractivity contribution in [3.63, 3.8) is 0 Å². The molecule has 2 heterocycles. The van der Waals surface area contributed by atoms with Gasteiger partial charge in [0.15, 0.2) is 0 Å². The Hall–Kier alpha value is -0.900. The van der Waals surface area contributed by atoms with Crippen LogP contribution in [0.5, 0.6) is 0 Å². The van der Waals surface area contributed by atoms with Gasteiger partial charge in [0, 0.05) is 38.3 Å². The normalized spacial score (nSPS) is 26.7. The molecule has 1 aromatic rings. The molecule has 1 unspecified atom stereocenters. The maximum atomic E-state index is 3.76. The van der Waals surface area contributed by atoms with E-state index < -0.39 is 0 Å². The first-order valence-corrected chi connectivity index (χ1v) is 8.17. The lowest BCUT2D eigenvalue weighted by atomic mass is 9.98. The molecule has 1 aromatic carbocycles. The van der Waals surface area contributed by atoms with Crippen molar-refractivity contribution < 1.29 is 0 Å². The van der Waals surface area contributed by atoms with Gasteiger partial charge in [0.2, 0.25) is 0 Å². The van der Waals surface area contributed by atoms with Crippen molar-refractivity contribution in [2.75, 3.05) is 19.6 Å². The summed E-state index contributed by atoms with van der Waals surface area (Å²) in [5.74, 6) is 0. The number of hydrogen-bond acceptors (Lipinski definition) is 3. The summed E-state index contributed by atoms with van der Waals surface area (Å²) >= 11 is 0. The number of nitrogens with one attached hydrogen (secondary N) is 2. The zero-order valence-electron chi connectivity index (χ0n) is 12.2. The predicted molar refractivity (Wildman–Crippen MR) is 81.7 cm³/mol. The average Bonchev–Trinajstić information content (AvgIpc) is 3.24. The van der Waals surface area contributed by atoms with Gasteiger partial charge in [-0.3, -0.25) is 4.90 Å². The van der Waals surface area contributed by atoms with Crippen molar-refractivity contribution in [3.05, 3.63) is 34.9 Å². The van der Waals surface area contributed by atoms with Crippen LogP contribution in [0.4, 0.5) is 0 Å². The van der Waals surface area contributed by atoms with E-state index >= 15 is 0 Å². The lowest BCUT2D eigenvalue weighted by Gasteiger charge is -2.19. The molecule has 2 aliphatic heterocycles. The minimum atomic E-state index is 0.699. The molecule has 0 bridgehead atoms. The van der Waals surface area contributed by atoms with Crippen molar-refractivity contribution in [3.8, 4) is 0 Å². The van der Waals surface area contributed by atoms with Crippen molar-refractivity contribution in [1.82, 2.24) is 15.5 Å². The second kappa shape index (κ2) is 5.47. The van der Waals surface area contributed by atoms with E-state index in [0.717, 1.165) is 25.7 Å². The van der Waals surface area contributed by atoms with Crippen LogP contribution >= 0.6 is 0 Å². The highest BCUT2D eigenvalue weighted by molar-refractivity contribution is 5.33. The first kappa shape index (κ1) is 12.8. The van der Waals surface area contributed by atoms with Crippen LogP contribution in [0.1, 0.15) is 36.0 Å². The summed E-state index contributed by atoms with van der Waals surface area (Å²) < 4.78 is 0. The highest BCUT2D eigenvalue weighted by Crippen LogP contribution is 2.29. The quantitative estimate of drug-likeness (QED) is 0.872. The largest absolute Gasteiger partial charge is 0.312 e. The third kappa shape index (κ3) is 2.76.